The van der Waals surface area contributed by atoms with Crippen LogP contribution in [0.2, 0.25) is 0 Å². The van der Waals surface area contributed by atoms with Gasteiger partial charge in [0.05, 0.1) is 6.04 Å². The largest absolute Gasteiger partial charge is 0.338 e. The van der Waals surface area contributed by atoms with Crippen LogP contribution >= 0.6 is 0 Å². The van der Waals surface area contributed by atoms with E-state index in [0.717, 1.165) is 18.2 Å². The molecule has 0 saturated heterocycles. The minimum Gasteiger partial charge on any atom is -0.338 e. The number of nitrogens with two attached hydrogens (primary N) is 1. The summed E-state index contributed by atoms with van der Waals surface area (Å²) in [6.45, 7) is 4.30. The lowest BCUT2D eigenvalue weighted by molar-refractivity contribution is 0.296. The average molecular weight is 237 g/mol. The molecule has 2 N–H and O–H groups in total. The highest BCUT2D eigenvalue weighted by Gasteiger charge is 2.26. The second kappa shape index (κ2) is 5.63. The van der Waals surface area contributed by atoms with E-state index in [0.29, 0.717) is 11.8 Å². The smallest absolute Gasteiger partial charge is 0.243 e. The van der Waals surface area contributed by atoms with E-state index in [1.165, 1.54) is 32.1 Å². The van der Waals surface area contributed by atoms with E-state index in [2.05, 4.69) is 17.1 Å². The molecular formula is C13H23N3O. The van der Waals surface area contributed by atoms with E-state index in [1.54, 1.807) is 0 Å². The van der Waals surface area contributed by atoms with Crippen molar-refractivity contribution in [2.45, 2.75) is 64.3 Å². The van der Waals surface area contributed by atoms with Crippen molar-refractivity contribution in [1.82, 2.24) is 10.1 Å². The monoisotopic (exact) mass is 237 g/mol. The van der Waals surface area contributed by atoms with Gasteiger partial charge in [0.1, 0.15) is 0 Å². The number of rotatable bonds is 4. The van der Waals surface area contributed by atoms with E-state index >= 15 is 0 Å². The lowest BCUT2D eigenvalue weighted by atomic mass is 9.80. The Morgan fingerprint density at radius 2 is 2.24 bits per heavy atom. The molecule has 0 amide bonds. The van der Waals surface area contributed by atoms with Crippen molar-refractivity contribution in [3.8, 4) is 0 Å². The molecule has 1 fully saturated rings. The van der Waals surface area contributed by atoms with Crippen LogP contribution in [0.5, 0.6) is 0 Å². The van der Waals surface area contributed by atoms with Crippen LogP contribution < -0.4 is 5.73 Å². The number of hydrogen-bond acceptors (Lipinski definition) is 4. The molecule has 0 bridgehead atoms. The second-order valence-electron chi connectivity index (χ2n) is 5.14. The van der Waals surface area contributed by atoms with Gasteiger partial charge < -0.3 is 10.3 Å². The quantitative estimate of drug-likeness (QED) is 0.873. The van der Waals surface area contributed by atoms with Crippen LogP contribution in [0.4, 0.5) is 0 Å². The van der Waals surface area contributed by atoms with Gasteiger partial charge in [0.2, 0.25) is 5.89 Å². The zero-order valence-corrected chi connectivity index (χ0v) is 10.9. The van der Waals surface area contributed by atoms with E-state index < -0.39 is 0 Å². The summed E-state index contributed by atoms with van der Waals surface area (Å²) in [5, 5.41) is 4.11. The summed E-state index contributed by atoms with van der Waals surface area (Å²) in [4.78, 5) is 4.47. The molecule has 0 aliphatic heterocycles. The maximum Gasteiger partial charge on any atom is 0.243 e. The lowest BCUT2D eigenvalue weighted by Gasteiger charge is -2.26. The lowest BCUT2D eigenvalue weighted by Crippen LogP contribution is -2.15. The van der Waals surface area contributed by atoms with Crippen LogP contribution in [0.15, 0.2) is 4.52 Å². The van der Waals surface area contributed by atoms with E-state index in [1.807, 2.05) is 6.92 Å². The number of hydrogen-bond donors (Lipinski definition) is 1. The topological polar surface area (TPSA) is 64.9 Å². The van der Waals surface area contributed by atoms with Crippen LogP contribution in [0.25, 0.3) is 0 Å². The molecule has 2 rings (SSSR count). The third kappa shape index (κ3) is 2.86. The van der Waals surface area contributed by atoms with E-state index in [4.69, 9.17) is 10.3 Å². The normalized spacial score (nSPS) is 27.0. The predicted molar refractivity (Wildman–Crippen MR) is 66.5 cm³/mol. The third-order valence-electron chi connectivity index (χ3n) is 3.94. The number of nitrogens with zero attached hydrogens (tertiary/aromatic N) is 2. The fourth-order valence-electron chi connectivity index (χ4n) is 2.63. The second-order valence-corrected chi connectivity index (χ2v) is 5.14. The van der Waals surface area contributed by atoms with Crippen molar-refractivity contribution in [2.24, 2.45) is 11.7 Å². The van der Waals surface area contributed by atoms with Gasteiger partial charge in [-0.15, -0.1) is 0 Å². The maximum absolute atomic E-state index is 5.89. The van der Waals surface area contributed by atoms with Crippen LogP contribution in [-0.2, 0) is 0 Å². The molecule has 1 aromatic heterocycles. The highest BCUT2D eigenvalue weighted by atomic mass is 16.5. The van der Waals surface area contributed by atoms with Gasteiger partial charge in [-0.3, -0.25) is 0 Å². The molecule has 17 heavy (non-hydrogen) atoms. The standard InChI is InChI=1S/C13H23N3O/c1-3-9-6-5-7-10(8-9)12-15-13(17-16-12)11(14)4-2/h9-11H,3-8,14H2,1-2H3. The molecular weight excluding hydrogens is 214 g/mol. The molecule has 3 atom stereocenters. The van der Waals surface area contributed by atoms with Crippen molar-refractivity contribution in [2.75, 3.05) is 0 Å². The first-order chi connectivity index (χ1) is 8.24. The first-order valence-electron chi connectivity index (χ1n) is 6.83. The minimum atomic E-state index is -0.109. The molecule has 3 unspecified atom stereocenters. The minimum absolute atomic E-state index is 0.109. The Labute approximate surface area is 103 Å². The Balaban J connectivity index is 2.04. The molecule has 1 heterocycles. The van der Waals surface area contributed by atoms with Gasteiger partial charge in [-0.2, -0.15) is 4.98 Å². The maximum atomic E-state index is 5.89. The summed E-state index contributed by atoms with van der Waals surface area (Å²) in [7, 11) is 0. The van der Waals surface area contributed by atoms with Crippen molar-refractivity contribution < 1.29 is 4.52 Å². The van der Waals surface area contributed by atoms with E-state index in [9.17, 15) is 0 Å². The summed E-state index contributed by atoms with van der Waals surface area (Å²) in [6.07, 6.45) is 7.13. The van der Waals surface area contributed by atoms with Gasteiger partial charge in [0.25, 0.3) is 0 Å². The van der Waals surface area contributed by atoms with Gasteiger partial charge in [-0.25, -0.2) is 0 Å². The first kappa shape index (κ1) is 12.6. The molecule has 4 nitrogen and oxygen atoms in total. The highest BCUT2D eigenvalue weighted by Crippen LogP contribution is 2.36. The average Bonchev–Trinajstić information content (AvgIpc) is 2.87. The van der Waals surface area contributed by atoms with Crippen molar-refractivity contribution >= 4 is 0 Å². The molecule has 96 valence electrons. The molecule has 1 saturated carbocycles. The summed E-state index contributed by atoms with van der Waals surface area (Å²) in [5.41, 5.74) is 5.89. The summed E-state index contributed by atoms with van der Waals surface area (Å²) < 4.78 is 5.25. The highest BCUT2D eigenvalue weighted by molar-refractivity contribution is 5.00. The van der Waals surface area contributed by atoms with Gasteiger partial charge in [-0.1, -0.05) is 38.3 Å². The van der Waals surface area contributed by atoms with Gasteiger partial charge >= 0.3 is 0 Å². The van der Waals surface area contributed by atoms with Crippen molar-refractivity contribution in [3.05, 3.63) is 11.7 Å². The first-order valence-corrected chi connectivity index (χ1v) is 6.83. The third-order valence-corrected chi connectivity index (χ3v) is 3.94. The van der Waals surface area contributed by atoms with Crippen LogP contribution in [0.3, 0.4) is 0 Å². The van der Waals surface area contributed by atoms with Gasteiger partial charge in [0.15, 0.2) is 5.82 Å². The van der Waals surface area contributed by atoms with Crippen molar-refractivity contribution in [1.29, 1.82) is 0 Å². The number of aromatic nitrogens is 2. The fraction of sp³-hybridized carbons (Fsp3) is 0.846. The Hall–Kier alpha value is -0.900. The Morgan fingerprint density at radius 3 is 2.94 bits per heavy atom. The van der Waals surface area contributed by atoms with Crippen LogP contribution in [0.1, 0.15) is 76.0 Å². The molecule has 4 heteroatoms. The molecule has 1 aliphatic carbocycles. The van der Waals surface area contributed by atoms with Gasteiger partial charge in [0, 0.05) is 5.92 Å². The zero-order chi connectivity index (χ0) is 12.3. The summed E-state index contributed by atoms with van der Waals surface area (Å²) >= 11 is 0. The summed E-state index contributed by atoms with van der Waals surface area (Å²) in [5.74, 6) is 2.79. The van der Waals surface area contributed by atoms with Crippen LogP contribution in [0, 0.1) is 5.92 Å². The SMILES string of the molecule is CCC1CCCC(c2noc(C(N)CC)n2)C1. The van der Waals surface area contributed by atoms with E-state index in [-0.39, 0.29) is 6.04 Å². The molecule has 1 aromatic rings. The summed E-state index contributed by atoms with van der Waals surface area (Å²) in [6, 6.07) is -0.109. The Kier molecular flexibility index (Phi) is 4.15. The van der Waals surface area contributed by atoms with Crippen LogP contribution in [-0.4, -0.2) is 10.1 Å². The zero-order valence-electron chi connectivity index (χ0n) is 10.9. The fourth-order valence-corrected chi connectivity index (χ4v) is 2.63. The molecule has 0 aromatic carbocycles. The predicted octanol–water partition coefficient (Wildman–Crippen LogP) is 3.16. The Bertz CT molecular complexity index is 350. The van der Waals surface area contributed by atoms with Gasteiger partial charge in [-0.05, 0) is 25.2 Å². The molecule has 0 spiro atoms. The Morgan fingerprint density at radius 1 is 1.41 bits per heavy atom. The van der Waals surface area contributed by atoms with Crippen molar-refractivity contribution in [3.63, 3.8) is 0 Å². The molecule has 0 radical (unpaired) electrons. The molecule has 1 aliphatic rings.